The van der Waals surface area contributed by atoms with Gasteiger partial charge in [-0.15, -0.1) is 0 Å². The van der Waals surface area contributed by atoms with E-state index in [1.807, 2.05) is 25.1 Å². The fourth-order valence-corrected chi connectivity index (χ4v) is 2.24. The van der Waals surface area contributed by atoms with Crippen LogP contribution in [0.5, 0.6) is 0 Å². The number of nitro benzene ring substituents is 6. The van der Waals surface area contributed by atoms with E-state index in [-0.39, 0.29) is 0 Å². The van der Waals surface area contributed by atoms with E-state index < -0.39 is 63.7 Å². The zero-order valence-corrected chi connectivity index (χ0v) is 18.3. The number of non-ortho nitro benzene ring substituents is 6. The SMILES string of the molecule is Cc1ccccn1.O=[N+]([O-])c1cc([N+](=O)[O-])cc([N+](=O)[O-])c1.O=[N+]([O-])c1cc([N+](=O)[O-])cc([N+](=O)[O-])c1. The van der Waals surface area contributed by atoms with E-state index in [9.17, 15) is 60.7 Å². The van der Waals surface area contributed by atoms with Crippen LogP contribution < -0.4 is 0 Å². The zero-order valence-electron chi connectivity index (χ0n) is 18.3. The van der Waals surface area contributed by atoms with E-state index in [4.69, 9.17) is 0 Å². The number of aryl methyl sites for hydroxylation is 1. The van der Waals surface area contributed by atoms with E-state index in [1.54, 1.807) is 6.20 Å². The van der Waals surface area contributed by atoms with Gasteiger partial charge in [-0.2, -0.15) is 0 Å². The second kappa shape index (κ2) is 13.0. The van der Waals surface area contributed by atoms with E-state index in [1.165, 1.54) is 0 Å². The first kappa shape index (κ1) is 29.0. The first-order valence-electron chi connectivity index (χ1n) is 9.27. The van der Waals surface area contributed by atoms with Gasteiger partial charge in [-0.25, -0.2) is 0 Å². The molecule has 0 atom stereocenters. The van der Waals surface area contributed by atoms with Crippen LogP contribution in [0, 0.1) is 67.6 Å². The molecule has 0 saturated heterocycles. The number of aromatic nitrogens is 1. The molecular formula is C18H13N7O12. The van der Waals surface area contributed by atoms with Gasteiger partial charge in [-0.05, 0) is 19.1 Å². The van der Waals surface area contributed by atoms with Crippen LogP contribution in [-0.2, 0) is 0 Å². The molecule has 0 radical (unpaired) electrons. The summed E-state index contributed by atoms with van der Waals surface area (Å²) < 4.78 is 0. The monoisotopic (exact) mass is 519 g/mol. The van der Waals surface area contributed by atoms with Crippen molar-refractivity contribution in [3.8, 4) is 0 Å². The van der Waals surface area contributed by atoms with Crippen molar-refractivity contribution in [3.63, 3.8) is 0 Å². The van der Waals surface area contributed by atoms with E-state index >= 15 is 0 Å². The van der Waals surface area contributed by atoms with Crippen LogP contribution in [0.25, 0.3) is 0 Å². The molecule has 0 spiro atoms. The Kier molecular flexibility index (Phi) is 10.2. The first-order chi connectivity index (χ1) is 17.2. The highest BCUT2D eigenvalue weighted by atomic mass is 16.6. The molecule has 0 fully saturated rings. The summed E-state index contributed by atoms with van der Waals surface area (Å²) in [5.74, 6) is 0. The Morgan fingerprint density at radius 2 is 0.730 bits per heavy atom. The molecule has 3 rings (SSSR count). The van der Waals surface area contributed by atoms with Crippen LogP contribution in [0.15, 0.2) is 60.8 Å². The highest BCUT2D eigenvalue weighted by molar-refractivity contribution is 5.53. The third-order valence-electron chi connectivity index (χ3n) is 3.85. The summed E-state index contributed by atoms with van der Waals surface area (Å²) in [5, 5.41) is 61.9. The maximum Gasteiger partial charge on any atom is 0.283 e. The fraction of sp³-hybridized carbons (Fsp3) is 0.0556. The van der Waals surface area contributed by atoms with Crippen LogP contribution in [0.2, 0.25) is 0 Å². The molecule has 0 aliphatic heterocycles. The molecule has 19 nitrogen and oxygen atoms in total. The number of hydrogen-bond acceptors (Lipinski definition) is 13. The predicted octanol–water partition coefficient (Wildman–Crippen LogP) is 4.21. The largest absolute Gasteiger partial charge is 0.283 e. The lowest BCUT2D eigenvalue weighted by molar-refractivity contribution is -0.403. The van der Waals surface area contributed by atoms with Gasteiger partial charge in [0.25, 0.3) is 34.1 Å². The molecular weight excluding hydrogens is 506 g/mol. The minimum atomic E-state index is -0.931. The third-order valence-corrected chi connectivity index (χ3v) is 3.85. The van der Waals surface area contributed by atoms with Crippen LogP contribution in [0.3, 0.4) is 0 Å². The molecule has 0 aliphatic carbocycles. The van der Waals surface area contributed by atoms with Gasteiger partial charge in [0.1, 0.15) is 0 Å². The molecule has 0 saturated carbocycles. The smallest absolute Gasteiger partial charge is 0.262 e. The Hall–Kier alpha value is -6.01. The van der Waals surface area contributed by atoms with Crippen molar-refractivity contribution in [2.45, 2.75) is 6.92 Å². The summed E-state index contributed by atoms with van der Waals surface area (Å²) in [6.07, 6.45) is 1.79. The van der Waals surface area contributed by atoms with Gasteiger partial charge in [0.15, 0.2) is 0 Å². The van der Waals surface area contributed by atoms with Gasteiger partial charge in [0.05, 0.1) is 65.9 Å². The number of nitro groups is 6. The first-order valence-corrected chi connectivity index (χ1v) is 9.27. The molecule has 0 unspecified atom stereocenters. The van der Waals surface area contributed by atoms with Gasteiger partial charge in [-0.3, -0.25) is 65.7 Å². The summed E-state index contributed by atoms with van der Waals surface area (Å²) in [6.45, 7) is 1.97. The van der Waals surface area contributed by atoms with E-state index in [0.717, 1.165) is 5.69 Å². The zero-order chi connectivity index (χ0) is 28.3. The lowest BCUT2D eigenvalue weighted by Gasteiger charge is -1.93. The fourth-order valence-electron chi connectivity index (χ4n) is 2.24. The van der Waals surface area contributed by atoms with Crippen molar-refractivity contribution in [3.05, 3.63) is 127 Å². The van der Waals surface area contributed by atoms with Crippen molar-refractivity contribution in [1.29, 1.82) is 0 Å². The normalized spacial score (nSPS) is 9.43. The number of rotatable bonds is 6. The van der Waals surface area contributed by atoms with Crippen molar-refractivity contribution >= 4 is 34.1 Å². The minimum absolute atomic E-state index is 0.660. The number of nitrogens with zero attached hydrogens (tertiary/aromatic N) is 7. The van der Waals surface area contributed by atoms with Gasteiger partial charge < -0.3 is 0 Å². The summed E-state index contributed by atoms with van der Waals surface area (Å²) in [6, 6.07) is 9.81. The maximum atomic E-state index is 10.3. The van der Waals surface area contributed by atoms with Crippen molar-refractivity contribution < 1.29 is 29.5 Å². The van der Waals surface area contributed by atoms with Crippen LogP contribution in [0.4, 0.5) is 34.1 Å². The van der Waals surface area contributed by atoms with E-state index in [2.05, 4.69) is 4.98 Å². The number of hydrogen-bond donors (Lipinski definition) is 0. The Bertz CT molecular complexity index is 1120. The lowest BCUT2D eigenvalue weighted by Crippen LogP contribution is -1.96. The number of benzene rings is 2. The quantitative estimate of drug-likeness (QED) is 0.326. The second-order valence-electron chi connectivity index (χ2n) is 6.43. The van der Waals surface area contributed by atoms with Crippen molar-refractivity contribution in [1.82, 2.24) is 4.98 Å². The molecule has 37 heavy (non-hydrogen) atoms. The second-order valence-corrected chi connectivity index (χ2v) is 6.43. The third kappa shape index (κ3) is 9.40. The van der Waals surface area contributed by atoms with Gasteiger partial charge >= 0.3 is 0 Å². The lowest BCUT2D eigenvalue weighted by atomic mass is 10.2. The molecule has 0 amide bonds. The van der Waals surface area contributed by atoms with Crippen LogP contribution in [0.1, 0.15) is 5.69 Å². The van der Waals surface area contributed by atoms with Crippen molar-refractivity contribution in [2.75, 3.05) is 0 Å². The molecule has 0 bridgehead atoms. The average Bonchev–Trinajstić information content (AvgIpc) is 2.84. The molecule has 2 aromatic carbocycles. The molecule has 19 heteroatoms. The highest BCUT2D eigenvalue weighted by Gasteiger charge is 2.22. The summed E-state index contributed by atoms with van der Waals surface area (Å²) in [7, 11) is 0. The van der Waals surface area contributed by atoms with E-state index in [0.29, 0.717) is 36.4 Å². The summed E-state index contributed by atoms with van der Waals surface area (Å²) >= 11 is 0. The standard InChI is InChI=1S/2C6H3N3O6.C6H7N/c2*10-7(11)4-1-5(8(12)13)3-6(2-4)9(14)15;1-6-4-2-3-5-7-6/h2*1-3H;2-5H,1H3. The van der Waals surface area contributed by atoms with Crippen LogP contribution >= 0.6 is 0 Å². The maximum absolute atomic E-state index is 10.3. The molecule has 3 aromatic rings. The Morgan fingerprint density at radius 1 is 0.486 bits per heavy atom. The number of pyridine rings is 1. The molecule has 1 heterocycles. The molecule has 1 aromatic heterocycles. The van der Waals surface area contributed by atoms with Gasteiger partial charge in [0, 0.05) is 11.9 Å². The summed E-state index contributed by atoms with van der Waals surface area (Å²) in [4.78, 5) is 60.3. The predicted molar refractivity (Wildman–Crippen MR) is 122 cm³/mol. The Morgan fingerprint density at radius 3 is 0.838 bits per heavy atom. The van der Waals surface area contributed by atoms with Crippen LogP contribution in [-0.4, -0.2) is 34.5 Å². The Labute approximate surface area is 203 Å². The van der Waals surface area contributed by atoms with Gasteiger partial charge in [-0.1, -0.05) is 6.07 Å². The average molecular weight is 519 g/mol. The Balaban J connectivity index is 0.000000295. The minimum Gasteiger partial charge on any atom is -0.262 e. The summed E-state index contributed by atoms with van der Waals surface area (Å²) in [5.41, 5.74) is -3.03. The topological polar surface area (TPSA) is 272 Å². The molecule has 192 valence electrons. The van der Waals surface area contributed by atoms with Gasteiger partial charge in [0.2, 0.25) is 0 Å². The highest BCUT2D eigenvalue weighted by Crippen LogP contribution is 2.27. The molecule has 0 aliphatic rings. The van der Waals surface area contributed by atoms with Crippen molar-refractivity contribution in [2.24, 2.45) is 0 Å². The molecule has 0 N–H and O–H groups in total.